The summed E-state index contributed by atoms with van der Waals surface area (Å²) in [6, 6.07) is 0.405. The number of rotatable bonds is 5. The number of carbonyl (C=O) groups excluding carboxylic acids is 1. The molecule has 0 radical (unpaired) electrons. The van der Waals surface area contributed by atoms with Crippen LogP contribution in [0.3, 0.4) is 0 Å². The quantitative estimate of drug-likeness (QED) is 0.837. The molecule has 2 fully saturated rings. The Morgan fingerprint density at radius 3 is 2.15 bits per heavy atom. The number of hydrogen-bond acceptors (Lipinski definition) is 2. The molecule has 1 heterocycles. The van der Waals surface area contributed by atoms with Gasteiger partial charge >= 0.3 is 0 Å². The summed E-state index contributed by atoms with van der Waals surface area (Å²) < 4.78 is 0. The lowest BCUT2D eigenvalue weighted by Gasteiger charge is -2.26. The molecule has 116 valence electrons. The molecule has 0 bridgehead atoms. The van der Waals surface area contributed by atoms with E-state index in [0.717, 1.165) is 19.3 Å². The van der Waals surface area contributed by atoms with Crippen molar-refractivity contribution in [2.75, 3.05) is 0 Å². The Balaban J connectivity index is 2.19. The van der Waals surface area contributed by atoms with Crippen LogP contribution < -0.4 is 5.32 Å². The molecule has 2 atom stereocenters. The molecule has 1 saturated heterocycles. The van der Waals surface area contributed by atoms with Crippen LogP contribution in [-0.2, 0) is 4.79 Å². The number of hydrogen-bond donors (Lipinski definition) is 1. The molecule has 20 heavy (non-hydrogen) atoms. The van der Waals surface area contributed by atoms with Gasteiger partial charge in [0.15, 0.2) is 0 Å². The van der Waals surface area contributed by atoms with Gasteiger partial charge in [0, 0.05) is 6.04 Å². The van der Waals surface area contributed by atoms with Crippen molar-refractivity contribution in [3.63, 3.8) is 0 Å². The third-order valence-corrected chi connectivity index (χ3v) is 5.77. The second-order valence-electron chi connectivity index (χ2n) is 8.24. The zero-order valence-electron chi connectivity index (χ0n) is 14.3. The lowest BCUT2D eigenvalue weighted by molar-refractivity contribution is -0.131. The topological polar surface area (TPSA) is 32.3 Å². The lowest BCUT2D eigenvalue weighted by atomic mass is 10.0. The van der Waals surface area contributed by atoms with E-state index in [9.17, 15) is 4.79 Å². The maximum atomic E-state index is 12.8. The first-order valence-electron chi connectivity index (χ1n) is 8.22. The van der Waals surface area contributed by atoms with E-state index >= 15 is 0 Å². The van der Waals surface area contributed by atoms with Gasteiger partial charge in [-0.3, -0.25) is 10.1 Å². The van der Waals surface area contributed by atoms with Gasteiger partial charge in [-0.15, -0.1) is 0 Å². The molecule has 3 heteroatoms. The van der Waals surface area contributed by atoms with Gasteiger partial charge in [0.25, 0.3) is 0 Å². The molecule has 1 N–H and O–H groups in total. The zero-order chi connectivity index (χ0) is 15.3. The van der Waals surface area contributed by atoms with Crippen LogP contribution in [0.25, 0.3) is 0 Å². The highest BCUT2D eigenvalue weighted by Gasteiger charge is 2.70. The highest BCUT2D eigenvalue weighted by Crippen LogP contribution is 2.66. The second-order valence-corrected chi connectivity index (χ2v) is 8.24. The SMILES string of the molecule is CCCC1NC(CC(C)C)C(=O)N1C1C(C)(C)C1(C)C. The van der Waals surface area contributed by atoms with Gasteiger partial charge in [-0.05, 0) is 29.6 Å². The summed E-state index contributed by atoms with van der Waals surface area (Å²) in [6.07, 6.45) is 3.36. The molecule has 0 spiro atoms. The predicted octanol–water partition coefficient (Wildman–Crippen LogP) is 3.39. The van der Waals surface area contributed by atoms with Crippen LogP contribution in [0.15, 0.2) is 0 Å². The first-order valence-corrected chi connectivity index (χ1v) is 8.22. The van der Waals surface area contributed by atoms with Crippen molar-refractivity contribution in [3.8, 4) is 0 Å². The molecule has 2 rings (SSSR count). The summed E-state index contributed by atoms with van der Waals surface area (Å²) in [4.78, 5) is 15.0. The molecule has 1 aliphatic carbocycles. The number of nitrogens with one attached hydrogen (secondary N) is 1. The lowest BCUT2D eigenvalue weighted by Crippen LogP contribution is -2.41. The zero-order valence-corrected chi connectivity index (χ0v) is 14.3. The molecule has 0 aromatic rings. The standard InChI is InChI=1S/C17H32N2O/c1-8-9-13-18-12(10-11(2)3)14(20)19(13)15-16(4,5)17(15,6)7/h11-13,15,18H,8-10H2,1-7H3. The minimum atomic E-state index is 0.0266. The summed E-state index contributed by atoms with van der Waals surface area (Å²) in [5, 5.41) is 3.60. The highest BCUT2D eigenvalue weighted by atomic mass is 16.2. The van der Waals surface area contributed by atoms with Crippen molar-refractivity contribution >= 4 is 5.91 Å². The van der Waals surface area contributed by atoms with Gasteiger partial charge in [-0.25, -0.2) is 0 Å². The molecule has 0 aromatic heterocycles. The van der Waals surface area contributed by atoms with E-state index in [1.54, 1.807) is 0 Å². The maximum absolute atomic E-state index is 12.8. The molecule has 2 unspecified atom stereocenters. The van der Waals surface area contributed by atoms with Crippen molar-refractivity contribution in [2.45, 2.75) is 86.0 Å². The summed E-state index contributed by atoms with van der Waals surface area (Å²) >= 11 is 0. The van der Waals surface area contributed by atoms with Crippen LogP contribution in [0, 0.1) is 16.7 Å². The number of amides is 1. The Morgan fingerprint density at radius 1 is 1.20 bits per heavy atom. The fourth-order valence-corrected chi connectivity index (χ4v) is 4.02. The van der Waals surface area contributed by atoms with Gasteiger partial charge in [0.2, 0.25) is 5.91 Å². The van der Waals surface area contributed by atoms with E-state index in [0.29, 0.717) is 17.9 Å². The largest absolute Gasteiger partial charge is 0.322 e. The Bertz CT molecular complexity index is 372. The van der Waals surface area contributed by atoms with Crippen molar-refractivity contribution in [2.24, 2.45) is 16.7 Å². The summed E-state index contributed by atoms with van der Waals surface area (Å²) in [5.74, 6) is 0.889. The summed E-state index contributed by atoms with van der Waals surface area (Å²) in [6.45, 7) is 15.8. The van der Waals surface area contributed by atoms with E-state index in [4.69, 9.17) is 0 Å². The van der Waals surface area contributed by atoms with E-state index in [2.05, 4.69) is 58.7 Å². The molecular formula is C17H32N2O. The van der Waals surface area contributed by atoms with Gasteiger partial charge in [-0.2, -0.15) is 0 Å². The average Bonchev–Trinajstić information content (AvgIpc) is 2.56. The van der Waals surface area contributed by atoms with E-state index in [1.807, 2.05) is 0 Å². The molecule has 1 aliphatic heterocycles. The summed E-state index contributed by atoms with van der Waals surface area (Å²) in [5.41, 5.74) is 0.451. The first kappa shape index (κ1) is 15.8. The predicted molar refractivity (Wildman–Crippen MR) is 83.3 cm³/mol. The highest BCUT2D eigenvalue weighted by molar-refractivity contribution is 5.85. The molecule has 2 aliphatic rings. The van der Waals surface area contributed by atoms with Gasteiger partial charge in [-0.1, -0.05) is 54.9 Å². The molecule has 1 saturated carbocycles. The summed E-state index contributed by atoms with van der Waals surface area (Å²) in [7, 11) is 0. The second kappa shape index (κ2) is 5.01. The molecular weight excluding hydrogens is 248 g/mol. The van der Waals surface area contributed by atoms with Gasteiger partial charge in [0.05, 0.1) is 12.2 Å². The maximum Gasteiger partial charge on any atom is 0.241 e. The van der Waals surface area contributed by atoms with Crippen molar-refractivity contribution in [1.82, 2.24) is 10.2 Å². The van der Waals surface area contributed by atoms with Crippen molar-refractivity contribution in [1.29, 1.82) is 0 Å². The monoisotopic (exact) mass is 280 g/mol. The van der Waals surface area contributed by atoms with Gasteiger partial charge < -0.3 is 4.90 Å². The Hall–Kier alpha value is -0.570. The van der Waals surface area contributed by atoms with E-state index in [1.165, 1.54) is 0 Å². The Morgan fingerprint density at radius 2 is 1.75 bits per heavy atom. The fourth-order valence-electron chi connectivity index (χ4n) is 4.02. The minimum Gasteiger partial charge on any atom is -0.322 e. The van der Waals surface area contributed by atoms with Crippen LogP contribution in [0.4, 0.5) is 0 Å². The fraction of sp³-hybridized carbons (Fsp3) is 0.941. The average molecular weight is 280 g/mol. The van der Waals surface area contributed by atoms with Crippen LogP contribution in [0.1, 0.15) is 67.7 Å². The van der Waals surface area contributed by atoms with E-state index < -0.39 is 0 Å². The third kappa shape index (κ3) is 2.28. The van der Waals surface area contributed by atoms with Crippen molar-refractivity contribution in [3.05, 3.63) is 0 Å². The van der Waals surface area contributed by atoms with E-state index in [-0.39, 0.29) is 23.0 Å². The first-order chi connectivity index (χ1) is 9.14. The van der Waals surface area contributed by atoms with Crippen LogP contribution >= 0.6 is 0 Å². The van der Waals surface area contributed by atoms with Crippen LogP contribution in [-0.4, -0.2) is 29.1 Å². The molecule has 0 aromatic carbocycles. The minimum absolute atomic E-state index is 0.0266. The van der Waals surface area contributed by atoms with Crippen molar-refractivity contribution < 1.29 is 4.79 Å². The Kier molecular flexibility index (Phi) is 3.96. The Labute approximate surface area is 124 Å². The normalized spacial score (nSPS) is 32.2. The molecule has 1 amide bonds. The van der Waals surface area contributed by atoms with Crippen LogP contribution in [0.5, 0.6) is 0 Å². The number of carbonyl (C=O) groups is 1. The number of nitrogens with zero attached hydrogens (tertiary/aromatic N) is 1. The molecule has 3 nitrogen and oxygen atoms in total. The smallest absolute Gasteiger partial charge is 0.241 e. The van der Waals surface area contributed by atoms with Crippen LogP contribution in [0.2, 0.25) is 0 Å². The third-order valence-electron chi connectivity index (χ3n) is 5.77. The van der Waals surface area contributed by atoms with Gasteiger partial charge in [0.1, 0.15) is 0 Å².